The minimum absolute atomic E-state index is 0.0495. The Morgan fingerprint density at radius 1 is 1.19 bits per heavy atom. The number of nitrogens with zero attached hydrogens (tertiary/aromatic N) is 2. The number of thiophene rings is 1. The fourth-order valence-corrected chi connectivity index (χ4v) is 4.02. The number of amides is 1. The molecule has 0 aliphatic carbocycles. The van der Waals surface area contributed by atoms with Crippen LogP contribution in [0.15, 0.2) is 24.3 Å². The lowest BCUT2D eigenvalue weighted by Crippen LogP contribution is -2.24. The van der Waals surface area contributed by atoms with Crippen molar-refractivity contribution in [3.8, 4) is 11.5 Å². The summed E-state index contributed by atoms with van der Waals surface area (Å²) in [6.45, 7) is 7.60. The summed E-state index contributed by atoms with van der Waals surface area (Å²) in [5.41, 5.74) is 2.04. The van der Waals surface area contributed by atoms with Crippen molar-refractivity contribution >= 4 is 27.5 Å². The molecule has 0 saturated carbocycles. The molecule has 2 heterocycles. The van der Waals surface area contributed by atoms with Gasteiger partial charge in [0.05, 0.1) is 23.8 Å². The number of aromatic nitrogens is 2. The molecule has 0 bridgehead atoms. The quantitative estimate of drug-likeness (QED) is 0.640. The van der Waals surface area contributed by atoms with Crippen LogP contribution >= 0.6 is 11.3 Å². The van der Waals surface area contributed by atoms with Crippen LogP contribution in [0.1, 0.15) is 34.8 Å². The van der Waals surface area contributed by atoms with Crippen molar-refractivity contribution in [1.29, 1.82) is 0 Å². The number of ether oxygens (including phenoxy) is 2. The third kappa shape index (κ3) is 4.24. The molecule has 0 spiro atoms. The van der Waals surface area contributed by atoms with Gasteiger partial charge < -0.3 is 14.8 Å². The number of carbonyl (C=O) groups is 1. The highest BCUT2D eigenvalue weighted by atomic mass is 32.1. The highest BCUT2D eigenvalue weighted by Gasteiger charge is 2.15. The van der Waals surface area contributed by atoms with Gasteiger partial charge in [-0.15, -0.1) is 11.3 Å². The molecule has 0 unspecified atom stereocenters. The van der Waals surface area contributed by atoms with Crippen LogP contribution in [0.3, 0.4) is 0 Å². The Morgan fingerprint density at radius 2 is 1.93 bits per heavy atom. The van der Waals surface area contributed by atoms with E-state index in [1.807, 2.05) is 56.8 Å². The first-order valence-corrected chi connectivity index (χ1v) is 9.95. The maximum atomic E-state index is 12.5. The number of hydrogen-bond acceptors (Lipinski definition) is 5. The maximum absolute atomic E-state index is 12.5. The molecule has 0 atom stereocenters. The number of carbonyl (C=O) groups excluding carboxylic acids is 1. The highest BCUT2D eigenvalue weighted by molar-refractivity contribution is 7.20. The average molecular weight is 388 g/mol. The maximum Gasteiger partial charge on any atom is 0.261 e. The van der Waals surface area contributed by atoms with Gasteiger partial charge in [-0.25, -0.2) is 0 Å². The number of fused-ring (bicyclic) bond motifs is 1. The van der Waals surface area contributed by atoms with Crippen molar-refractivity contribution in [2.24, 2.45) is 7.05 Å². The molecule has 0 aliphatic rings. The first-order valence-electron chi connectivity index (χ1n) is 9.13. The lowest BCUT2D eigenvalue weighted by Gasteiger charge is -2.12. The molecule has 3 aromatic rings. The van der Waals surface area contributed by atoms with E-state index >= 15 is 0 Å². The van der Waals surface area contributed by atoms with Crippen LogP contribution in [-0.4, -0.2) is 35.4 Å². The Bertz CT molecular complexity index is 911. The van der Waals surface area contributed by atoms with Crippen LogP contribution in [0.2, 0.25) is 0 Å². The van der Waals surface area contributed by atoms with E-state index in [1.54, 1.807) is 0 Å². The number of aryl methyl sites for hydroxylation is 2. The van der Waals surface area contributed by atoms with Gasteiger partial charge in [0.15, 0.2) is 11.5 Å². The largest absolute Gasteiger partial charge is 0.490 e. The van der Waals surface area contributed by atoms with E-state index in [-0.39, 0.29) is 5.91 Å². The van der Waals surface area contributed by atoms with Gasteiger partial charge in [-0.2, -0.15) is 5.10 Å². The lowest BCUT2D eigenvalue weighted by atomic mass is 10.1. The number of benzene rings is 1. The van der Waals surface area contributed by atoms with Gasteiger partial charge in [-0.05, 0) is 51.0 Å². The van der Waals surface area contributed by atoms with Gasteiger partial charge in [-0.1, -0.05) is 6.07 Å². The average Bonchev–Trinajstić information content (AvgIpc) is 3.19. The molecule has 0 aliphatic heterocycles. The van der Waals surface area contributed by atoms with E-state index in [4.69, 9.17) is 9.47 Å². The summed E-state index contributed by atoms with van der Waals surface area (Å²) in [6, 6.07) is 7.83. The predicted octanol–water partition coefficient (Wildman–Crippen LogP) is 3.71. The van der Waals surface area contributed by atoms with E-state index in [0.717, 1.165) is 39.4 Å². The fourth-order valence-electron chi connectivity index (χ4n) is 2.98. The summed E-state index contributed by atoms with van der Waals surface area (Å²) < 4.78 is 13.1. The number of rotatable bonds is 8. The summed E-state index contributed by atoms with van der Waals surface area (Å²) in [5.74, 6) is 1.45. The molecule has 6 nitrogen and oxygen atoms in total. The molecular weight excluding hydrogens is 362 g/mol. The first-order chi connectivity index (χ1) is 13.0. The molecule has 0 saturated heterocycles. The Morgan fingerprint density at radius 3 is 2.63 bits per heavy atom. The second-order valence-corrected chi connectivity index (χ2v) is 7.22. The third-order valence-electron chi connectivity index (χ3n) is 4.23. The Balaban J connectivity index is 1.62. The first kappa shape index (κ1) is 19.2. The van der Waals surface area contributed by atoms with Crippen molar-refractivity contribution in [2.75, 3.05) is 19.8 Å². The van der Waals surface area contributed by atoms with Crippen LogP contribution in [0, 0.1) is 6.92 Å². The summed E-state index contributed by atoms with van der Waals surface area (Å²) in [7, 11) is 1.90. The standard InChI is InChI=1S/C20H25N3O3S/c1-5-25-16-8-7-14(11-17(16)26-6-2)9-10-21-19(24)18-12-15-13(3)22-23(4)20(15)27-18/h7-8,11-12H,5-6,9-10H2,1-4H3,(H,21,24). The molecule has 1 aromatic carbocycles. The molecule has 1 amide bonds. The van der Waals surface area contributed by atoms with Gasteiger partial charge in [0.25, 0.3) is 5.91 Å². The lowest BCUT2D eigenvalue weighted by molar-refractivity contribution is 0.0958. The zero-order valence-electron chi connectivity index (χ0n) is 16.2. The van der Waals surface area contributed by atoms with Crippen molar-refractivity contribution < 1.29 is 14.3 Å². The molecule has 2 aromatic heterocycles. The van der Waals surface area contributed by atoms with Crippen molar-refractivity contribution in [3.63, 3.8) is 0 Å². The summed E-state index contributed by atoms with van der Waals surface area (Å²) in [6.07, 6.45) is 0.726. The van der Waals surface area contributed by atoms with Gasteiger partial charge in [-0.3, -0.25) is 9.48 Å². The van der Waals surface area contributed by atoms with Gasteiger partial charge >= 0.3 is 0 Å². The third-order valence-corrected chi connectivity index (χ3v) is 5.43. The molecule has 27 heavy (non-hydrogen) atoms. The second-order valence-electron chi connectivity index (χ2n) is 6.19. The number of nitrogens with one attached hydrogen (secondary N) is 1. The zero-order valence-corrected chi connectivity index (χ0v) is 17.0. The minimum Gasteiger partial charge on any atom is -0.490 e. The molecule has 0 radical (unpaired) electrons. The monoisotopic (exact) mass is 387 g/mol. The van der Waals surface area contributed by atoms with Crippen LogP contribution in [0.4, 0.5) is 0 Å². The highest BCUT2D eigenvalue weighted by Crippen LogP contribution is 2.29. The predicted molar refractivity (Wildman–Crippen MR) is 108 cm³/mol. The molecule has 0 fully saturated rings. The second kappa shape index (κ2) is 8.43. The minimum atomic E-state index is -0.0495. The topological polar surface area (TPSA) is 65.4 Å². The van der Waals surface area contributed by atoms with Crippen molar-refractivity contribution in [2.45, 2.75) is 27.2 Å². The molecule has 1 N–H and O–H groups in total. The summed E-state index contributed by atoms with van der Waals surface area (Å²) in [5, 5.41) is 8.41. The molecule has 144 valence electrons. The Labute approximate surface area is 163 Å². The van der Waals surface area contributed by atoms with Gasteiger partial charge in [0, 0.05) is 19.0 Å². The van der Waals surface area contributed by atoms with Gasteiger partial charge in [0.1, 0.15) is 4.83 Å². The summed E-state index contributed by atoms with van der Waals surface area (Å²) >= 11 is 1.47. The van der Waals surface area contributed by atoms with Crippen LogP contribution in [-0.2, 0) is 13.5 Å². The van der Waals surface area contributed by atoms with Crippen LogP contribution in [0.25, 0.3) is 10.2 Å². The van der Waals surface area contributed by atoms with E-state index < -0.39 is 0 Å². The summed E-state index contributed by atoms with van der Waals surface area (Å²) in [4.78, 5) is 14.2. The van der Waals surface area contributed by atoms with E-state index in [1.165, 1.54) is 11.3 Å². The smallest absolute Gasteiger partial charge is 0.261 e. The number of hydrogen-bond donors (Lipinski definition) is 1. The zero-order chi connectivity index (χ0) is 19.4. The van der Waals surface area contributed by atoms with Crippen LogP contribution < -0.4 is 14.8 Å². The molecule has 3 rings (SSSR count). The van der Waals surface area contributed by atoms with Crippen molar-refractivity contribution in [1.82, 2.24) is 15.1 Å². The normalized spacial score (nSPS) is 11.0. The fraction of sp³-hybridized carbons (Fsp3) is 0.400. The van der Waals surface area contributed by atoms with E-state index in [2.05, 4.69) is 10.4 Å². The van der Waals surface area contributed by atoms with E-state index in [9.17, 15) is 4.79 Å². The van der Waals surface area contributed by atoms with Crippen LogP contribution in [0.5, 0.6) is 11.5 Å². The van der Waals surface area contributed by atoms with Gasteiger partial charge in [0.2, 0.25) is 0 Å². The molecular formula is C20H25N3O3S. The Kier molecular flexibility index (Phi) is 6.01. The van der Waals surface area contributed by atoms with Crippen molar-refractivity contribution in [3.05, 3.63) is 40.4 Å². The van der Waals surface area contributed by atoms with E-state index in [0.29, 0.717) is 24.6 Å². The molecule has 7 heteroatoms. The SMILES string of the molecule is CCOc1ccc(CCNC(=O)c2cc3c(C)nn(C)c3s2)cc1OCC. The Hall–Kier alpha value is -2.54.